The number of nitrogens with two attached hydrogens (primary N) is 1. The van der Waals surface area contributed by atoms with E-state index < -0.39 is 0 Å². The van der Waals surface area contributed by atoms with Crippen LogP contribution < -0.4 is 10.6 Å². The standard InChI is InChI=1S/C14H17BrFN5/c15-10-4-1-5-11(16)12(10)13-18-14(20-19-13)21-6-2-3-9(7-17)8-21/h1,4-5,9H,2-3,6-8,17H2,(H,18,19,20). The number of hydrogen-bond donors (Lipinski definition) is 2. The van der Waals surface area contributed by atoms with Crippen LogP contribution in [0.1, 0.15) is 12.8 Å². The predicted octanol–water partition coefficient (Wildman–Crippen LogP) is 2.55. The second-order valence-electron chi connectivity index (χ2n) is 5.27. The van der Waals surface area contributed by atoms with Gasteiger partial charge in [0.25, 0.3) is 0 Å². The molecule has 5 nitrogen and oxygen atoms in total. The van der Waals surface area contributed by atoms with Gasteiger partial charge in [0.05, 0.1) is 5.56 Å². The molecule has 1 aliphatic heterocycles. The summed E-state index contributed by atoms with van der Waals surface area (Å²) in [4.78, 5) is 6.55. The maximum Gasteiger partial charge on any atom is 0.245 e. The van der Waals surface area contributed by atoms with Gasteiger partial charge in [-0.25, -0.2) is 4.39 Å². The number of hydrogen-bond acceptors (Lipinski definition) is 4. The zero-order valence-corrected chi connectivity index (χ0v) is 13.1. The third-order valence-corrected chi connectivity index (χ3v) is 4.47. The van der Waals surface area contributed by atoms with Gasteiger partial charge in [-0.2, -0.15) is 4.98 Å². The maximum atomic E-state index is 14.0. The zero-order chi connectivity index (χ0) is 14.8. The third kappa shape index (κ3) is 2.94. The lowest BCUT2D eigenvalue weighted by molar-refractivity contribution is 0.420. The Bertz CT molecular complexity index is 609. The lowest BCUT2D eigenvalue weighted by Crippen LogP contribution is -2.38. The minimum atomic E-state index is -0.328. The van der Waals surface area contributed by atoms with E-state index in [0.717, 1.165) is 25.9 Å². The van der Waals surface area contributed by atoms with E-state index in [0.29, 0.717) is 34.3 Å². The molecule has 0 aliphatic carbocycles. The summed E-state index contributed by atoms with van der Waals surface area (Å²) in [6.45, 7) is 2.44. The smallest absolute Gasteiger partial charge is 0.245 e. The Balaban J connectivity index is 1.86. The number of aromatic nitrogens is 3. The number of H-pyrrole nitrogens is 1. The molecular formula is C14H17BrFN5. The Morgan fingerprint density at radius 3 is 3.10 bits per heavy atom. The van der Waals surface area contributed by atoms with Gasteiger partial charge in [-0.15, -0.1) is 5.10 Å². The van der Waals surface area contributed by atoms with Crippen molar-refractivity contribution >= 4 is 21.9 Å². The van der Waals surface area contributed by atoms with Crippen LogP contribution in [0.3, 0.4) is 0 Å². The number of benzene rings is 1. The fourth-order valence-corrected chi connectivity index (χ4v) is 3.20. The van der Waals surface area contributed by atoms with Gasteiger partial charge < -0.3 is 10.6 Å². The normalized spacial score (nSPS) is 19.0. The molecule has 1 aromatic carbocycles. The van der Waals surface area contributed by atoms with Gasteiger partial charge in [-0.05, 0) is 53.4 Å². The van der Waals surface area contributed by atoms with Crippen LogP contribution in [0.5, 0.6) is 0 Å². The summed E-state index contributed by atoms with van der Waals surface area (Å²) in [6, 6.07) is 4.84. The summed E-state index contributed by atoms with van der Waals surface area (Å²) in [5.41, 5.74) is 6.15. The summed E-state index contributed by atoms with van der Waals surface area (Å²) < 4.78 is 14.6. The predicted molar refractivity (Wildman–Crippen MR) is 83.5 cm³/mol. The molecule has 0 saturated carbocycles. The first-order valence-electron chi connectivity index (χ1n) is 7.01. The first-order chi connectivity index (χ1) is 10.2. The molecule has 1 atom stereocenters. The molecule has 0 bridgehead atoms. The number of rotatable bonds is 3. The molecule has 0 radical (unpaired) electrons. The quantitative estimate of drug-likeness (QED) is 0.889. The summed E-state index contributed by atoms with van der Waals surface area (Å²) >= 11 is 3.35. The second-order valence-corrected chi connectivity index (χ2v) is 6.12. The second kappa shape index (κ2) is 6.11. The van der Waals surface area contributed by atoms with Crippen LogP contribution in [0, 0.1) is 11.7 Å². The van der Waals surface area contributed by atoms with Crippen molar-refractivity contribution in [3.05, 3.63) is 28.5 Å². The summed E-state index contributed by atoms with van der Waals surface area (Å²) in [5, 5.41) is 7.06. The van der Waals surface area contributed by atoms with Crippen molar-refractivity contribution in [2.75, 3.05) is 24.5 Å². The Kier molecular flexibility index (Phi) is 4.21. The topological polar surface area (TPSA) is 70.8 Å². The molecule has 1 fully saturated rings. The molecule has 1 aromatic heterocycles. The van der Waals surface area contributed by atoms with Crippen LogP contribution in [0.2, 0.25) is 0 Å². The highest BCUT2D eigenvalue weighted by atomic mass is 79.9. The summed E-state index contributed by atoms with van der Waals surface area (Å²) in [7, 11) is 0. The molecule has 0 spiro atoms. The first kappa shape index (κ1) is 14.5. The van der Waals surface area contributed by atoms with Gasteiger partial charge in [0.15, 0.2) is 5.82 Å². The van der Waals surface area contributed by atoms with Gasteiger partial charge in [-0.1, -0.05) is 6.07 Å². The number of anilines is 1. The zero-order valence-electron chi connectivity index (χ0n) is 11.5. The average molecular weight is 354 g/mol. The van der Waals surface area contributed by atoms with Crippen LogP contribution >= 0.6 is 15.9 Å². The fourth-order valence-electron chi connectivity index (χ4n) is 2.67. The molecule has 3 rings (SSSR count). The SMILES string of the molecule is NCC1CCCN(c2n[nH]c(-c3c(F)cccc3Br)n2)C1. The molecule has 112 valence electrons. The Morgan fingerprint density at radius 1 is 1.48 bits per heavy atom. The van der Waals surface area contributed by atoms with E-state index in [1.165, 1.54) is 6.07 Å². The van der Waals surface area contributed by atoms with E-state index in [1.807, 2.05) is 0 Å². The number of piperidine rings is 1. The molecule has 7 heteroatoms. The number of aromatic amines is 1. The minimum Gasteiger partial charge on any atom is -0.339 e. The van der Waals surface area contributed by atoms with Crippen LogP contribution in [-0.4, -0.2) is 34.8 Å². The molecule has 1 aliphatic rings. The number of halogens is 2. The van der Waals surface area contributed by atoms with Crippen LogP contribution in [0.25, 0.3) is 11.4 Å². The van der Waals surface area contributed by atoms with Gasteiger partial charge in [0.1, 0.15) is 5.82 Å². The molecule has 21 heavy (non-hydrogen) atoms. The highest BCUT2D eigenvalue weighted by molar-refractivity contribution is 9.10. The Hall–Kier alpha value is -1.47. The van der Waals surface area contributed by atoms with E-state index in [2.05, 4.69) is 36.0 Å². The van der Waals surface area contributed by atoms with Gasteiger partial charge in [0.2, 0.25) is 5.95 Å². The number of nitrogens with one attached hydrogen (secondary N) is 1. The van der Waals surface area contributed by atoms with E-state index >= 15 is 0 Å². The van der Waals surface area contributed by atoms with Crippen molar-refractivity contribution in [2.24, 2.45) is 11.7 Å². The van der Waals surface area contributed by atoms with E-state index in [-0.39, 0.29) is 5.82 Å². The van der Waals surface area contributed by atoms with Gasteiger partial charge in [0, 0.05) is 17.6 Å². The van der Waals surface area contributed by atoms with Crippen molar-refractivity contribution < 1.29 is 4.39 Å². The lowest BCUT2D eigenvalue weighted by atomic mass is 9.99. The number of nitrogens with zero attached hydrogens (tertiary/aromatic N) is 3. The molecule has 1 unspecified atom stereocenters. The van der Waals surface area contributed by atoms with Crippen LogP contribution in [0.4, 0.5) is 10.3 Å². The molecule has 2 aromatic rings. The first-order valence-corrected chi connectivity index (χ1v) is 7.80. The van der Waals surface area contributed by atoms with Crippen molar-refractivity contribution in [3.8, 4) is 11.4 Å². The van der Waals surface area contributed by atoms with Gasteiger partial charge in [-0.3, -0.25) is 5.10 Å². The van der Waals surface area contributed by atoms with Crippen molar-refractivity contribution in [1.29, 1.82) is 0 Å². The van der Waals surface area contributed by atoms with Crippen LogP contribution in [-0.2, 0) is 0 Å². The molecule has 0 amide bonds. The Morgan fingerprint density at radius 2 is 2.33 bits per heavy atom. The third-order valence-electron chi connectivity index (χ3n) is 3.81. The molecule has 3 N–H and O–H groups in total. The lowest BCUT2D eigenvalue weighted by Gasteiger charge is -2.31. The highest BCUT2D eigenvalue weighted by Gasteiger charge is 2.23. The van der Waals surface area contributed by atoms with E-state index in [9.17, 15) is 4.39 Å². The van der Waals surface area contributed by atoms with E-state index in [1.54, 1.807) is 12.1 Å². The van der Waals surface area contributed by atoms with Crippen LogP contribution in [0.15, 0.2) is 22.7 Å². The molecule has 2 heterocycles. The molecular weight excluding hydrogens is 337 g/mol. The maximum absolute atomic E-state index is 14.0. The van der Waals surface area contributed by atoms with E-state index in [4.69, 9.17) is 5.73 Å². The summed E-state index contributed by atoms with van der Waals surface area (Å²) in [6.07, 6.45) is 2.22. The monoisotopic (exact) mass is 353 g/mol. The highest BCUT2D eigenvalue weighted by Crippen LogP contribution is 2.29. The average Bonchev–Trinajstić information content (AvgIpc) is 2.97. The summed E-state index contributed by atoms with van der Waals surface area (Å²) in [5.74, 6) is 1.19. The van der Waals surface area contributed by atoms with Gasteiger partial charge >= 0.3 is 0 Å². The molecule has 1 saturated heterocycles. The van der Waals surface area contributed by atoms with Crippen molar-refractivity contribution in [1.82, 2.24) is 15.2 Å². The van der Waals surface area contributed by atoms with Crippen molar-refractivity contribution in [2.45, 2.75) is 12.8 Å². The Labute approximate surface area is 130 Å². The largest absolute Gasteiger partial charge is 0.339 e. The minimum absolute atomic E-state index is 0.328. The van der Waals surface area contributed by atoms with Crippen molar-refractivity contribution in [3.63, 3.8) is 0 Å². The fraction of sp³-hybridized carbons (Fsp3) is 0.429.